The highest BCUT2D eigenvalue weighted by Gasteiger charge is 2.61. The normalized spacial score (nSPS) is 36.8. The van der Waals surface area contributed by atoms with Gasteiger partial charge in [0.05, 0.1) is 17.5 Å². The van der Waals surface area contributed by atoms with E-state index in [1.807, 2.05) is 11.0 Å². The zero-order chi connectivity index (χ0) is 16.2. The number of amides is 1. The predicted octanol–water partition coefficient (Wildman–Crippen LogP) is 1.88. The summed E-state index contributed by atoms with van der Waals surface area (Å²) in [6.07, 6.45) is 11.4. The van der Waals surface area contributed by atoms with Crippen LogP contribution in [0.5, 0.6) is 0 Å². The number of rotatable bonds is 4. The molecular formula is C17H21N5O2. The fourth-order valence-electron chi connectivity index (χ4n) is 5.89. The van der Waals surface area contributed by atoms with E-state index in [2.05, 4.69) is 20.6 Å². The zero-order valence-electron chi connectivity index (χ0n) is 13.5. The molecule has 4 fully saturated rings. The Kier molecular flexibility index (Phi) is 2.90. The van der Waals surface area contributed by atoms with Gasteiger partial charge in [-0.15, -0.1) is 0 Å². The van der Waals surface area contributed by atoms with E-state index in [1.54, 1.807) is 12.4 Å². The first-order valence-electron chi connectivity index (χ1n) is 8.70. The smallest absolute Gasteiger partial charge is 0.226 e. The number of nitrogens with one attached hydrogen (secondary N) is 1. The standard InChI is InChI=1S/C17H21N5O2/c23-15(19-8-14-1-2-24-21-14)16-4-12-3-13(5-16)7-17(6-12,9-16)22-11-18-10-20-22/h1-2,10-13H,3-9H2,(H,19,23)/t12-,13+,16?,17?. The maximum atomic E-state index is 13.1. The van der Waals surface area contributed by atoms with E-state index in [1.165, 1.54) is 12.7 Å². The molecule has 4 atom stereocenters. The number of hydrogen-bond donors (Lipinski definition) is 1. The van der Waals surface area contributed by atoms with Crippen molar-refractivity contribution < 1.29 is 9.32 Å². The van der Waals surface area contributed by atoms with Crippen LogP contribution in [0.4, 0.5) is 0 Å². The van der Waals surface area contributed by atoms with Gasteiger partial charge >= 0.3 is 0 Å². The van der Waals surface area contributed by atoms with Crippen molar-refractivity contribution in [3.63, 3.8) is 0 Å². The van der Waals surface area contributed by atoms with Gasteiger partial charge in [0.15, 0.2) is 0 Å². The summed E-state index contributed by atoms with van der Waals surface area (Å²) in [6.45, 7) is 0.433. The summed E-state index contributed by atoms with van der Waals surface area (Å²) in [5.41, 5.74) is 0.477. The molecule has 2 aromatic heterocycles. The van der Waals surface area contributed by atoms with E-state index < -0.39 is 0 Å². The highest BCUT2D eigenvalue weighted by atomic mass is 16.5. The fraction of sp³-hybridized carbons (Fsp3) is 0.647. The lowest BCUT2D eigenvalue weighted by Gasteiger charge is -2.60. The lowest BCUT2D eigenvalue weighted by molar-refractivity contribution is -0.156. The number of carbonyl (C=O) groups is 1. The number of nitrogens with zero attached hydrogens (tertiary/aromatic N) is 4. The third kappa shape index (κ3) is 2.03. The lowest BCUT2D eigenvalue weighted by atomic mass is 9.46. The largest absolute Gasteiger partial charge is 0.364 e. The van der Waals surface area contributed by atoms with Crippen LogP contribution < -0.4 is 5.32 Å². The minimum Gasteiger partial charge on any atom is -0.364 e. The molecule has 7 nitrogen and oxygen atoms in total. The van der Waals surface area contributed by atoms with Crippen LogP contribution in [0.3, 0.4) is 0 Å². The minimum atomic E-state index is -0.264. The Labute approximate surface area is 139 Å². The molecule has 4 aliphatic rings. The SMILES string of the molecule is O=C(NCc1ccon1)C12C[C@H]3C[C@@H](C1)CC(n1cncn1)(C3)C2. The van der Waals surface area contributed by atoms with E-state index >= 15 is 0 Å². The Bertz CT molecular complexity index is 725. The molecule has 2 heterocycles. The van der Waals surface area contributed by atoms with Crippen molar-refractivity contribution in [1.82, 2.24) is 25.2 Å². The quantitative estimate of drug-likeness (QED) is 0.926. The van der Waals surface area contributed by atoms with Crippen LogP contribution in [0.25, 0.3) is 0 Å². The van der Waals surface area contributed by atoms with Gasteiger partial charge in [-0.05, 0) is 50.4 Å². The van der Waals surface area contributed by atoms with Crippen molar-refractivity contribution in [2.45, 2.75) is 50.6 Å². The topological polar surface area (TPSA) is 85.8 Å². The first-order valence-corrected chi connectivity index (χ1v) is 8.70. The summed E-state index contributed by atoms with van der Waals surface area (Å²) >= 11 is 0. The van der Waals surface area contributed by atoms with Gasteiger partial charge in [-0.2, -0.15) is 5.10 Å². The van der Waals surface area contributed by atoms with E-state index in [4.69, 9.17) is 4.52 Å². The van der Waals surface area contributed by atoms with Crippen molar-refractivity contribution in [3.05, 3.63) is 30.7 Å². The highest BCUT2D eigenvalue weighted by Crippen LogP contribution is 2.64. The van der Waals surface area contributed by atoms with Crippen molar-refractivity contribution >= 4 is 5.91 Å². The Balaban J connectivity index is 1.42. The minimum absolute atomic E-state index is 0.0220. The molecule has 2 aromatic rings. The molecule has 7 heteroatoms. The highest BCUT2D eigenvalue weighted by molar-refractivity contribution is 5.83. The molecule has 0 aliphatic heterocycles. The second kappa shape index (κ2) is 4.91. The van der Waals surface area contributed by atoms with Crippen LogP contribution in [0, 0.1) is 17.3 Å². The maximum absolute atomic E-state index is 13.1. The lowest BCUT2D eigenvalue weighted by Crippen LogP contribution is -2.61. The second-order valence-electron chi connectivity index (χ2n) is 7.98. The number of aromatic nitrogens is 4. The monoisotopic (exact) mass is 327 g/mol. The molecule has 126 valence electrons. The molecule has 2 unspecified atom stereocenters. The molecule has 0 radical (unpaired) electrons. The third-order valence-electron chi connectivity index (χ3n) is 6.34. The average Bonchev–Trinajstić information content (AvgIpc) is 3.25. The van der Waals surface area contributed by atoms with Gasteiger partial charge in [0.2, 0.25) is 5.91 Å². The van der Waals surface area contributed by atoms with Gasteiger partial charge in [-0.3, -0.25) is 4.79 Å². The molecular weight excluding hydrogens is 306 g/mol. The van der Waals surface area contributed by atoms with E-state index in [9.17, 15) is 4.79 Å². The molecule has 1 amide bonds. The summed E-state index contributed by atoms with van der Waals surface area (Å²) in [5, 5.41) is 11.4. The van der Waals surface area contributed by atoms with Crippen molar-refractivity contribution in [2.75, 3.05) is 0 Å². The molecule has 0 saturated heterocycles. The fourth-order valence-corrected chi connectivity index (χ4v) is 5.89. The first kappa shape index (κ1) is 14.2. The van der Waals surface area contributed by atoms with Crippen LogP contribution in [0.1, 0.15) is 44.2 Å². The maximum Gasteiger partial charge on any atom is 0.226 e. The average molecular weight is 327 g/mol. The third-order valence-corrected chi connectivity index (χ3v) is 6.34. The van der Waals surface area contributed by atoms with Crippen molar-refractivity contribution in [3.8, 4) is 0 Å². The van der Waals surface area contributed by atoms with E-state index in [0.717, 1.165) is 37.8 Å². The summed E-state index contributed by atoms with van der Waals surface area (Å²) in [4.78, 5) is 17.2. The van der Waals surface area contributed by atoms with Crippen LogP contribution in [0.2, 0.25) is 0 Å². The Morgan fingerprint density at radius 3 is 2.83 bits per heavy atom. The van der Waals surface area contributed by atoms with Crippen molar-refractivity contribution in [1.29, 1.82) is 0 Å². The van der Waals surface area contributed by atoms with Crippen LogP contribution in [-0.2, 0) is 16.9 Å². The van der Waals surface area contributed by atoms with Gasteiger partial charge in [-0.1, -0.05) is 5.16 Å². The number of carbonyl (C=O) groups excluding carboxylic acids is 1. The zero-order valence-corrected chi connectivity index (χ0v) is 13.5. The van der Waals surface area contributed by atoms with Gasteiger partial charge in [-0.25, -0.2) is 9.67 Å². The van der Waals surface area contributed by atoms with Crippen molar-refractivity contribution in [2.24, 2.45) is 17.3 Å². The molecule has 6 rings (SSSR count). The summed E-state index contributed by atoms with van der Waals surface area (Å²) in [7, 11) is 0. The Morgan fingerprint density at radius 1 is 1.33 bits per heavy atom. The summed E-state index contributed by atoms with van der Waals surface area (Å²) in [5.74, 6) is 1.41. The molecule has 1 N–H and O–H groups in total. The molecule has 24 heavy (non-hydrogen) atoms. The van der Waals surface area contributed by atoms with Crippen LogP contribution >= 0.6 is 0 Å². The number of hydrogen-bond acceptors (Lipinski definition) is 5. The van der Waals surface area contributed by atoms with Crippen LogP contribution in [0.15, 0.2) is 29.5 Å². The molecule has 4 saturated carbocycles. The van der Waals surface area contributed by atoms with E-state index in [-0.39, 0.29) is 16.9 Å². The Morgan fingerprint density at radius 2 is 2.17 bits per heavy atom. The van der Waals surface area contributed by atoms with E-state index in [0.29, 0.717) is 18.4 Å². The summed E-state index contributed by atoms with van der Waals surface area (Å²) < 4.78 is 6.87. The predicted molar refractivity (Wildman–Crippen MR) is 83.5 cm³/mol. The summed E-state index contributed by atoms with van der Waals surface area (Å²) in [6, 6.07) is 1.79. The molecule has 0 aromatic carbocycles. The first-order chi connectivity index (χ1) is 11.7. The second-order valence-corrected chi connectivity index (χ2v) is 7.98. The van der Waals surface area contributed by atoms with Crippen LogP contribution in [-0.4, -0.2) is 25.8 Å². The van der Waals surface area contributed by atoms with Gasteiger partial charge in [0, 0.05) is 6.07 Å². The Hall–Kier alpha value is -2.18. The van der Waals surface area contributed by atoms with Gasteiger partial charge in [0.25, 0.3) is 0 Å². The van der Waals surface area contributed by atoms with Gasteiger partial charge < -0.3 is 9.84 Å². The molecule has 4 aliphatic carbocycles. The molecule has 0 spiro atoms. The molecule has 4 bridgehead atoms. The van der Waals surface area contributed by atoms with Gasteiger partial charge in [0.1, 0.15) is 24.6 Å².